The molecule has 2 unspecified atom stereocenters. The summed E-state index contributed by atoms with van der Waals surface area (Å²) in [6.07, 6.45) is 10.1. The number of hydrogen-bond donors (Lipinski definition) is 0. The van der Waals surface area contributed by atoms with Crippen LogP contribution in [0.1, 0.15) is 72.9 Å². The van der Waals surface area contributed by atoms with E-state index in [1.165, 1.54) is 23.1 Å². The zero-order valence-corrected chi connectivity index (χ0v) is 23.7. The van der Waals surface area contributed by atoms with Gasteiger partial charge in [-0.1, -0.05) is 60.1 Å². The minimum Gasteiger partial charge on any atom is -0.501 e. The zero-order chi connectivity index (χ0) is 27.7. The van der Waals surface area contributed by atoms with Crippen molar-refractivity contribution < 1.29 is 23.8 Å². The van der Waals surface area contributed by atoms with Crippen LogP contribution in [0.3, 0.4) is 0 Å². The molecule has 210 valence electrons. The second-order valence-electron chi connectivity index (χ2n) is 11.9. The van der Waals surface area contributed by atoms with E-state index in [1.54, 1.807) is 43.2 Å². The molecule has 2 aromatic rings. The summed E-state index contributed by atoms with van der Waals surface area (Å²) in [4.78, 5) is 17.3. The summed E-state index contributed by atoms with van der Waals surface area (Å²) in [6.45, 7) is 3.84. The first-order valence-corrected chi connectivity index (χ1v) is 14.5. The molecule has 1 aliphatic heterocycles. The van der Waals surface area contributed by atoms with Gasteiger partial charge in [0.1, 0.15) is 0 Å². The van der Waals surface area contributed by atoms with Gasteiger partial charge in [-0.15, -0.1) is 0 Å². The minimum absolute atomic E-state index is 0.00923. The third-order valence-corrected chi connectivity index (χ3v) is 10.2. The normalized spacial score (nSPS) is 31.2. The summed E-state index contributed by atoms with van der Waals surface area (Å²) in [5.74, 6) is 0.956. The van der Waals surface area contributed by atoms with E-state index in [2.05, 4.69) is 36.3 Å². The van der Waals surface area contributed by atoms with E-state index in [0.717, 1.165) is 44.3 Å². The second kappa shape index (κ2) is 11.0. The van der Waals surface area contributed by atoms with Crippen molar-refractivity contribution in [3.05, 3.63) is 94.3 Å². The van der Waals surface area contributed by atoms with E-state index in [9.17, 15) is 4.79 Å². The fourth-order valence-corrected chi connectivity index (χ4v) is 8.25. The molecule has 0 bridgehead atoms. The van der Waals surface area contributed by atoms with Crippen molar-refractivity contribution in [2.75, 3.05) is 27.4 Å². The first-order chi connectivity index (χ1) is 19.5. The lowest BCUT2D eigenvalue weighted by Crippen LogP contribution is -2.54. The van der Waals surface area contributed by atoms with Gasteiger partial charge in [-0.2, -0.15) is 0 Å². The smallest absolute Gasteiger partial charge is 0.365 e. The molecule has 4 aliphatic rings. The summed E-state index contributed by atoms with van der Waals surface area (Å²) in [5.41, 5.74) is 6.97. The second-order valence-corrected chi connectivity index (χ2v) is 11.9. The fourth-order valence-electron chi connectivity index (χ4n) is 8.25. The van der Waals surface area contributed by atoms with Crippen LogP contribution in [0.15, 0.2) is 82.7 Å². The van der Waals surface area contributed by atoms with Crippen molar-refractivity contribution in [1.82, 2.24) is 0 Å². The van der Waals surface area contributed by atoms with Gasteiger partial charge >= 0.3 is 5.97 Å². The molecule has 40 heavy (non-hydrogen) atoms. The minimum atomic E-state index is -0.468. The third-order valence-electron chi connectivity index (χ3n) is 10.2. The van der Waals surface area contributed by atoms with Crippen molar-refractivity contribution >= 4 is 12.2 Å². The summed E-state index contributed by atoms with van der Waals surface area (Å²) in [5, 5.41) is 3.95. The maximum atomic E-state index is 12.2. The van der Waals surface area contributed by atoms with Gasteiger partial charge in [-0.3, -0.25) is 0 Å². The van der Waals surface area contributed by atoms with Gasteiger partial charge < -0.3 is 19.0 Å². The molecular formula is C34H39NO5. The Labute approximate surface area is 237 Å². The predicted octanol–water partition coefficient (Wildman–Crippen LogP) is 6.82. The van der Waals surface area contributed by atoms with E-state index in [0.29, 0.717) is 29.9 Å². The van der Waals surface area contributed by atoms with Gasteiger partial charge in [0.15, 0.2) is 0 Å². The van der Waals surface area contributed by atoms with Crippen LogP contribution in [-0.4, -0.2) is 45.2 Å². The highest BCUT2D eigenvalue weighted by molar-refractivity contribution is 5.90. The number of hydrogen-bond acceptors (Lipinski definition) is 6. The van der Waals surface area contributed by atoms with Crippen LogP contribution in [0.5, 0.6) is 0 Å². The highest BCUT2D eigenvalue weighted by Crippen LogP contribution is 2.67. The first-order valence-electron chi connectivity index (χ1n) is 14.5. The molecule has 6 heteroatoms. The number of benzene rings is 2. The predicted molar refractivity (Wildman–Crippen MR) is 154 cm³/mol. The topological polar surface area (TPSA) is 66.3 Å². The number of methoxy groups -OCH3 is 2. The summed E-state index contributed by atoms with van der Waals surface area (Å²) in [6, 6.07) is 17.5. The number of allylic oxidation sites excluding steroid dienone is 2. The van der Waals surface area contributed by atoms with Crippen molar-refractivity contribution in [2.45, 2.75) is 57.0 Å². The van der Waals surface area contributed by atoms with Crippen molar-refractivity contribution in [3.8, 4) is 0 Å². The molecule has 0 aromatic heterocycles. The van der Waals surface area contributed by atoms with E-state index < -0.39 is 5.97 Å². The van der Waals surface area contributed by atoms with E-state index in [-0.39, 0.29) is 11.0 Å². The molecule has 0 amide bonds. The molecule has 5 atom stereocenters. The Hall–Kier alpha value is -3.22. The van der Waals surface area contributed by atoms with Gasteiger partial charge in [-0.25, -0.2) is 4.79 Å². The van der Waals surface area contributed by atoms with Gasteiger partial charge in [0.05, 0.1) is 36.9 Å². The average Bonchev–Trinajstić information content (AvgIpc) is 3.29. The molecule has 0 radical (unpaired) electrons. The molecule has 6 rings (SSSR count). The van der Waals surface area contributed by atoms with Crippen molar-refractivity contribution in [2.24, 2.45) is 22.4 Å². The van der Waals surface area contributed by atoms with Gasteiger partial charge in [0.2, 0.25) is 0 Å². The van der Waals surface area contributed by atoms with E-state index in [4.69, 9.17) is 19.0 Å². The largest absolute Gasteiger partial charge is 0.501 e. The maximum absolute atomic E-state index is 12.2. The molecule has 6 nitrogen and oxygen atoms in total. The maximum Gasteiger partial charge on any atom is 0.365 e. The Morgan fingerprint density at radius 3 is 2.62 bits per heavy atom. The Morgan fingerprint density at radius 2 is 1.88 bits per heavy atom. The number of rotatable bonds is 7. The fraction of sp³-hybridized carbons (Fsp3) is 0.471. The van der Waals surface area contributed by atoms with Crippen LogP contribution in [0.25, 0.3) is 0 Å². The Kier molecular flexibility index (Phi) is 7.41. The third kappa shape index (κ3) is 4.51. The van der Waals surface area contributed by atoms with Crippen LogP contribution in [-0.2, 0) is 19.0 Å². The lowest BCUT2D eigenvalue weighted by molar-refractivity contribution is -0.149. The van der Waals surface area contributed by atoms with Crippen LogP contribution in [0, 0.1) is 17.3 Å². The highest BCUT2D eigenvalue weighted by atomic mass is 16.7. The van der Waals surface area contributed by atoms with Crippen molar-refractivity contribution in [3.63, 3.8) is 0 Å². The monoisotopic (exact) mass is 541 g/mol. The lowest BCUT2D eigenvalue weighted by Gasteiger charge is -2.55. The average molecular weight is 542 g/mol. The van der Waals surface area contributed by atoms with Gasteiger partial charge in [0.25, 0.3) is 0 Å². The Balaban J connectivity index is 1.31. The number of carbonyl (C=O) groups excluding carboxylic acids is 1. The molecule has 2 aromatic carbocycles. The number of oxime groups is 1. The summed E-state index contributed by atoms with van der Waals surface area (Å²) < 4.78 is 17.9. The number of fused-ring (bicyclic) bond motifs is 4. The molecular weight excluding hydrogens is 502 g/mol. The number of nitrogens with zero attached hydrogens (tertiary/aromatic N) is 1. The van der Waals surface area contributed by atoms with Crippen LogP contribution in [0.2, 0.25) is 0 Å². The lowest BCUT2D eigenvalue weighted by atomic mass is 9.51. The molecule has 0 saturated heterocycles. The molecule has 3 aliphatic carbocycles. The highest BCUT2D eigenvalue weighted by Gasteiger charge is 2.63. The quantitative estimate of drug-likeness (QED) is 0.219. The van der Waals surface area contributed by atoms with E-state index in [1.807, 2.05) is 19.4 Å². The van der Waals surface area contributed by atoms with Crippen LogP contribution < -0.4 is 0 Å². The zero-order valence-electron chi connectivity index (χ0n) is 23.7. The molecule has 2 fully saturated rings. The molecule has 1 heterocycles. The van der Waals surface area contributed by atoms with Crippen LogP contribution >= 0.6 is 0 Å². The molecule has 0 N–H and O–H groups in total. The Morgan fingerprint density at radius 1 is 1.07 bits per heavy atom. The van der Waals surface area contributed by atoms with E-state index >= 15 is 0 Å². The van der Waals surface area contributed by atoms with Crippen molar-refractivity contribution in [1.29, 1.82) is 0 Å². The molecule has 0 spiro atoms. The van der Waals surface area contributed by atoms with Gasteiger partial charge in [0, 0.05) is 32.0 Å². The standard InChI is InChI=1S/C34H39NO5/c1-33-19-29(24-11-9-23(10-12-24)20-35-40-32(36)25-7-5-4-6-8-25)31-27-16-18-39-21-26(27)13-14-28(31)30(33)15-17-34(33,38-3)22-37-2/h4-12,20-21,28-30H,13-19,22H2,1-3H3/t28?,29-,30?,33+,34-/m1/s1. The summed E-state index contributed by atoms with van der Waals surface area (Å²) in [7, 11) is 3.66. The first kappa shape index (κ1) is 27.0. The van der Waals surface area contributed by atoms with Gasteiger partial charge in [-0.05, 0) is 78.3 Å². The Bertz CT molecular complexity index is 1330. The number of carbonyl (C=O) groups is 1. The number of ether oxygens (including phenoxy) is 3. The van der Waals surface area contributed by atoms with Crippen LogP contribution in [0.4, 0.5) is 0 Å². The SMILES string of the molecule is COC[C@]1(OC)CCC2C3CCC4=COCCC4=C3[C@@H](c3ccc(C=NOC(=O)c4ccccc4)cc3)C[C@@]21C. The molecule has 2 saturated carbocycles. The summed E-state index contributed by atoms with van der Waals surface area (Å²) >= 11 is 0.